The summed E-state index contributed by atoms with van der Waals surface area (Å²) in [5.74, 6) is -1.36. The molecule has 0 bridgehead atoms. The minimum absolute atomic E-state index is 0.0730. The third kappa shape index (κ3) is 5.87. The zero-order valence-electron chi connectivity index (χ0n) is 19.2. The first kappa shape index (κ1) is 25.3. The molecule has 0 N–H and O–H groups in total. The number of non-ortho nitro benzene ring substituents is 2. The summed E-state index contributed by atoms with van der Waals surface area (Å²) in [4.78, 5) is 59.4. The molecular weight excluding hydrogens is 502 g/mol. The van der Waals surface area contributed by atoms with E-state index in [1.807, 2.05) is 31.2 Å². The number of hydrogen-bond donors (Lipinski definition) is 0. The molecule has 12 heteroatoms. The van der Waals surface area contributed by atoms with Crippen LogP contribution >= 0.6 is 11.8 Å². The van der Waals surface area contributed by atoms with Gasteiger partial charge in [-0.1, -0.05) is 42.0 Å². The molecule has 0 spiro atoms. The molecule has 0 saturated carbocycles. The summed E-state index contributed by atoms with van der Waals surface area (Å²) in [6, 6.07) is 16.0. The molecule has 11 nitrogen and oxygen atoms in total. The highest BCUT2D eigenvalue weighted by atomic mass is 32.2. The van der Waals surface area contributed by atoms with Gasteiger partial charge in [-0.2, -0.15) is 0 Å². The van der Waals surface area contributed by atoms with Gasteiger partial charge in [-0.05, 0) is 48.0 Å². The Labute approximate surface area is 213 Å². The van der Waals surface area contributed by atoms with Crippen LogP contribution in [-0.2, 0) is 11.3 Å². The van der Waals surface area contributed by atoms with Crippen LogP contribution in [0.15, 0.2) is 71.6 Å². The number of ether oxygens (including phenoxy) is 1. The number of aryl methyl sites for hydroxylation is 1. The molecule has 4 rings (SSSR count). The Bertz CT molecular complexity index is 1450. The number of rotatable bonds is 7. The van der Waals surface area contributed by atoms with E-state index >= 15 is 0 Å². The Hall–Kier alpha value is -4.84. The summed E-state index contributed by atoms with van der Waals surface area (Å²) in [6.07, 6.45) is 1.54. The van der Waals surface area contributed by atoms with Gasteiger partial charge < -0.3 is 4.74 Å². The molecule has 186 valence electrons. The van der Waals surface area contributed by atoms with Crippen molar-refractivity contribution in [3.8, 4) is 5.75 Å². The van der Waals surface area contributed by atoms with Gasteiger partial charge in [0.25, 0.3) is 22.5 Å². The van der Waals surface area contributed by atoms with Gasteiger partial charge in [-0.15, -0.1) is 0 Å². The van der Waals surface area contributed by atoms with Gasteiger partial charge in [0.05, 0.1) is 32.9 Å². The van der Waals surface area contributed by atoms with E-state index in [-0.39, 0.29) is 28.0 Å². The summed E-state index contributed by atoms with van der Waals surface area (Å²) in [5.41, 5.74) is 0.827. The van der Waals surface area contributed by atoms with E-state index in [2.05, 4.69) is 0 Å². The molecule has 0 aliphatic carbocycles. The Balaban J connectivity index is 1.47. The maximum absolute atomic E-state index is 12.8. The third-order valence-corrected chi connectivity index (χ3v) is 6.15. The summed E-state index contributed by atoms with van der Waals surface area (Å²) in [7, 11) is 0. The van der Waals surface area contributed by atoms with E-state index < -0.39 is 33.1 Å². The molecule has 3 aromatic rings. The predicted molar refractivity (Wildman–Crippen MR) is 134 cm³/mol. The number of nitro groups is 2. The van der Waals surface area contributed by atoms with Crippen molar-refractivity contribution in [3.05, 3.63) is 114 Å². The van der Waals surface area contributed by atoms with Crippen LogP contribution in [0.3, 0.4) is 0 Å². The second-order valence-corrected chi connectivity index (χ2v) is 8.96. The first-order chi connectivity index (χ1) is 17.6. The van der Waals surface area contributed by atoms with Crippen molar-refractivity contribution in [2.45, 2.75) is 13.5 Å². The van der Waals surface area contributed by atoms with Crippen molar-refractivity contribution in [2.24, 2.45) is 0 Å². The SMILES string of the molecule is Cc1cccc(CN2C(=O)S/C(=C\c3ccc(OC(=O)c4cc([N+](=O)[O-])cc([N+](=O)[O-])c4)cc3)C2=O)c1. The molecule has 0 unspecified atom stereocenters. The number of hydrogen-bond acceptors (Lipinski definition) is 9. The summed E-state index contributed by atoms with van der Waals surface area (Å²) >= 11 is 0.823. The van der Waals surface area contributed by atoms with Gasteiger partial charge in [0.1, 0.15) is 5.75 Å². The molecule has 0 aromatic heterocycles. The normalized spacial score (nSPS) is 14.2. The number of carbonyl (C=O) groups excluding carboxylic acids is 3. The first-order valence-corrected chi connectivity index (χ1v) is 11.5. The number of nitro benzene ring substituents is 2. The number of nitrogens with zero attached hydrogens (tertiary/aromatic N) is 3. The average molecular weight is 519 g/mol. The van der Waals surface area contributed by atoms with E-state index in [9.17, 15) is 34.6 Å². The lowest BCUT2D eigenvalue weighted by Crippen LogP contribution is -2.27. The molecule has 1 aliphatic rings. The van der Waals surface area contributed by atoms with Crippen LogP contribution in [0.5, 0.6) is 5.75 Å². The van der Waals surface area contributed by atoms with Gasteiger partial charge in [-0.3, -0.25) is 34.7 Å². The molecule has 0 radical (unpaired) electrons. The summed E-state index contributed by atoms with van der Waals surface area (Å²) < 4.78 is 5.19. The second-order valence-electron chi connectivity index (χ2n) is 7.97. The molecule has 1 saturated heterocycles. The Morgan fingerprint density at radius 1 is 0.973 bits per heavy atom. The van der Waals surface area contributed by atoms with Crippen molar-refractivity contribution in [2.75, 3.05) is 0 Å². The number of thioether (sulfide) groups is 1. The van der Waals surface area contributed by atoms with E-state index in [0.717, 1.165) is 41.1 Å². The fraction of sp³-hybridized carbons (Fsp3) is 0.0800. The largest absolute Gasteiger partial charge is 0.423 e. The Kier molecular flexibility index (Phi) is 7.11. The van der Waals surface area contributed by atoms with Crippen LogP contribution in [0.25, 0.3) is 6.08 Å². The second kappa shape index (κ2) is 10.4. The highest BCUT2D eigenvalue weighted by Crippen LogP contribution is 2.33. The molecular formula is C25H17N3O8S. The van der Waals surface area contributed by atoms with Crippen LogP contribution in [0, 0.1) is 27.2 Å². The number of imide groups is 1. The van der Waals surface area contributed by atoms with Crippen LogP contribution in [-0.4, -0.2) is 31.9 Å². The first-order valence-electron chi connectivity index (χ1n) is 10.7. The standard InChI is InChI=1S/C25H17N3O8S/c1-15-3-2-4-17(9-15)14-26-23(29)22(37-25(26)31)10-16-5-7-21(8-6-16)36-24(30)18-11-19(27(32)33)13-20(12-18)28(34)35/h2-13H,14H2,1H3/b22-10-. The molecule has 2 amide bonds. The molecule has 1 aliphatic heterocycles. The van der Waals surface area contributed by atoms with E-state index in [0.29, 0.717) is 5.56 Å². The minimum atomic E-state index is -1.02. The zero-order chi connectivity index (χ0) is 26.7. The van der Waals surface area contributed by atoms with Crippen LogP contribution in [0.1, 0.15) is 27.0 Å². The maximum atomic E-state index is 12.8. The summed E-state index contributed by atoms with van der Waals surface area (Å²) in [5, 5.41) is 21.7. The highest BCUT2D eigenvalue weighted by Gasteiger charge is 2.35. The average Bonchev–Trinajstić information content (AvgIpc) is 3.12. The topological polar surface area (TPSA) is 150 Å². The Morgan fingerprint density at radius 3 is 2.22 bits per heavy atom. The van der Waals surface area contributed by atoms with Gasteiger partial charge in [0.2, 0.25) is 0 Å². The lowest BCUT2D eigenvalue weighted by molar-refractivity contribution is -0.394. The van der Waals surface area contributed by atoms with E-state index in [1.165, 1.54) is 23.1 Å². The summed E-state index contributed by atoms with van der Waals surface area (Å²) in [6.45, 7) is 2.08. The molecule has 1 fully saturated rings. The molecule has 1 heterocycles. The van der Waals surface area contributed by atoms with Gasteiger partial charge in [-0.25, -0.2) is 4.79 Å². The Morgan fingerprint density at radius 2 is 1.62 bits per heavy atom. The number of carbonyl (C=O) groups is 3. The highest BCUT2D eigenvalue weighted by molar-refractivity contribution is 8.18. The maximum Gasteiger partial charge on any atom is 0.344 e. The minimum Gasteiger partial charge on any atom is -0.423 e. The van der Waals surface area contributed by atoms with Crippen molar-refractivity contribution in [3.63, 3.8) is 0 Å². The molecule has 37 heavy (non-hydrogen) atoms. The lowest BCUT2D eigenvalue weighted by Gasteiger charge is -2.12. The number of amides is 2. The van der Waals surface area contributed by atoms with E-state index in [4.69, 9.17) is 4.74 Å². The van der Waals surface area contributed by atoms with Crippen molar-refractivity contribution < 1.29 is 29.0 Å². The monoisotopic (exact) mass is 519 g/mol. The van der Waals surface area contributed by atoms with E-state index in [1.54, 1.807) is 12.1 Å². The van der Waals surface area contributed by atoms with Crippen molar-refractivity contribution >= 4 is 46.3 Å². The van der Waals surface area contributed by atoms with Crippen LogP contribution in [0.4, 0.5) is 16.2 Å². The smallest absolute Gasteiger partial charge is 0.344 e. The van der Waals surface area contributed by atoms with Crippen LogP contribution < -0.4 is 4.74 Å². The van der Waals surface area contributed by atoms with Crippen molar-refractivity contribution in [1.82, 2.24) is 4.90 Å². The third-order valence-electron chi connectivity index (χ3n) is 5.25. The number of benzene rings is 3. The van der Waals surface area contributed by atoms with Gasteiger partial charge >= 0.3 is 5.97 Å². The zero-order valence-corrected chi connectivity index (χ0v) is 20.0. The predicted octanol–water partition coefficient (Wildman–Crippen LogP) is 5.27. The lowest BCUT2D eigenvalue weighted by atomic mass is 10.1. The fourth-order valence-corrected chi connectivity index (χ4v) is 4.34. The van der Waals surface area contributed by atoms with Crippen LogP contribution in [0.2, 0.25) is 0 Å². The van der Waals surface area contributed by atoms with Gasteiger partial charge in [0.15, 0.2) is 0 Å². The molecule has 0 atom stereocenters. The number of esters is 1. The quantitative estimate of drug-likeness (QED) is 0.134. The van der Waals surface area contributed by atoms with Gasteiger partial charge in [0, 0.05) is 12.1 Å². The van der Waals surface area contributed by atoms with Crippen molar-refractivity contribution in [1.29, 1.82) is 0 Å². The fourth-order valence-electron chi connectivity index (χ4n) is 3.50. The molecule has 3 aromatic carbocycles.